The van der Waals surface area contributed by atoms with Crippen LogP contribution in [0.4, 0.5) is 16.2 Å². The summed E-state index contributed by atoms with van der Waals surface area (Å²) < 4.78 is 0. The van der Waals surface area contributed by atoms with E-state index < -0.39 is 0 Å². The molecule has 5 nitrogen and oxygen atoms in total. The Kier molecular flexibility index (Phi) is 5.80. The highest BCUT2D eigenvalue weighted by atomic mass is 16.2. The second-order valence-electron chi connectivity index (χ2n) is 7.51. The molecule has 0 unspecified atom stereocenters. The molecule has 0 saturated carbocycles. The largest absolute Gasteiger partial charge is 0.324 e. The summed E-state index contributed by atoms with van der Waals surface area (Å²) >= 11 is 0. The first kappa shape index (κ1) is 19.7. The van der Waals surface area contributed by atoms with Crippen LogP contribution in [0.1, 0.15) is 27.9 Å². The third-order valence-electron chi connectivity index (χ3n) is 5.36. The van der Waals surface area contributed by atoms with Crippen molar-refractivity contribution >= 4 is 23.3 Å². The molecule has 0 spiro atoms. The van der Waals surface area contributed by atoms with Crippen molar-refractivity contribution in [3.05, 3.63) is 95.6 Å². The van der Waals surface area contributed by atoms with Crippen LogP contribution in [0.2, 0.25) is 0 Å². The smallest absolute Gasteiger partial charge is 0.322 e. The van der Waals surface area contributed by atoms with Crippen molar-refractivity contribution < 1.29 is 9.59 Å². The van der Waals surface area contributed by atoms with E-state index in [0.717, 1.165) is 35.5 Å². The molecule has 0 bridgehead atoms. The van der Waals surface area contributed by atoms with Gasteiger partial charge in [0.2, 0.25) is 0 Å². The molecule has 1 aliphatic rings. The molecule has 0 aromatic heterocycles. The summed E-state index contributed by atoms with van der Waals surface area (Å²) in [5.74, 6) is -0.161. The quantitative estimate of drug-likeness (QED) is 0.650. The standard InChI is InChI=1S/C25H25N3O2/c1-19-8-5-6-11-23(19)26-24(29)21-12-14-22(15-13-21)28-17-7-16-27(25(28)30)18-20-9-3-2-4-10-20/h2-6,8-15H,7,16-18H2,1H3,(H,26,29). The lowest BCUT2D eigenvalue weighted by atomic mass is 10.1. The van der Waals surface area contributed by atoms with Gasteiger partial charge in [-0.2, -0.15) is 0 Å². The molecule has 5 heteroatoms. The van der Waals surface area contributed by atoms with Crippen LogP contribution >= 0.6 is 0 Å². The number of nitrogens with zero attached hydrogens (tertiary/aromatic N) is 2. The predicted molar refractivity (Wildman–Crippen MR) is 120 cm³/mol. The van der Waals surface area contributed by atoms with Crippen molar-refractivity contribution in [3.8, 4) is 0 Å². The van der Waals surface area contributed by atoms with Gasteiger partial charge in [0.05, 0.1) is 0 Å². The fourth-order valence-electron chi connectivity index (χ4n) is 3.67. The highest BCUT2D eigenvalue weighted by Crippen LogP contribution is 2.23. The average Bonchev–Trinajstić information content (AvgIpc) is 2.78. The Morgan fingerprint density at radius 3 is 2.33 bits per heavy atom. The number of amides is 3. The van der Waals surface area contributed by atoms with Gasteiger partial charge in [-0.15, -0.1) is 0 Å². The van der Waals surface area contributed by atoms with Crippen molar-refractivity contribution in [1.29, 1.82) is 0 Å². The van der Waals surface area contributed by atoms with Crippen molar-refractivity contribution in [2.24, 2.45) is 0 Å². The number of carbonyl (C=O) groups excluding carboxylic acids is 2. The number of hydrogen-bond donors (Lipinski definition) is 1. The van der Waals surface area contributed by atoms with E-state index in [1.807, 2.05) is 78.6 Å². The van der Waals surface area contributed by atoms with E-state index >= 15 is 0 Å². The third kappa shape index (κ3) is 4.35. The van der Waals surface area contributed by atoms with Crippen LogP contribution in [-0.4, -0.2) is 29.9 Å². The first-order valence-corrected chi connectivity index (χ1v) is 10.2. The Hall–Kier alpha value is -3.60. The summed E-state index contributed by atoms with van der Waals surface area (Å²) in [5, 5.41) is 2.94. The highest BCUT2D eigenvalue weighted by Gasteiger charge is 2.26. The van der Waals surface area contributed by atoms with Gasteiger partial charge < -0.3 is 10.2 Å². The molecule has 1 saturated heterocycles. The second-order valence-corrected chi connectivity index (χ2v) is 7.51. The normalized spacial score (nSPS) is 14.0. The zero-order chi connectivity index (χ0) is 20.9. The molecule has 0 radical (unpaired) electrons. The second kappa shape index (κ2) is 8.82. The lowest BCUT2D eigenvalue weighted by Crippen LogP contribution is -2.49. The summed E-state index contributed by atoms with van der Waals surface area (Å²) in [5.41, 5.74) is 4.31. The summed E-state index contributed by atoms with van der Waals surface area (Å²) in [4.78, 5) is 29.2. The van der Waals surface area contributed by atoms with E-state index in [0.29, 0.717) is 18.7 Å². The van der Waals surface area contributed by atoms with Gasteiger partial charge >= 0.3 is 6.03 Å². The Morgan fingerprint density at radius 2 is 1.60 bits per heavy atom. The van der Waals surface area contributed by atoms with Gasteiger partial charge in [-0.05, 0) is 54.8 Å². The molecule has 30 heavy (non-hydrogen) atoms. The van der Waals surface area contributed by atoms with Gasteiger partial charge in [-0.1, -0.05) is 48.5 Å². The van der Waals surface area contributed by atoms with Gasteiger partial charge in [0.1, 0.15) is 0 Å². The molecule has 0 atom stereocenters. The van der Waals surface area contributed by atoms with Crippen LogP contribution in [0, 0.1) is 6.92 Å². The van der Waals surface area contributed by atoms with Gasteiger partial charge in [0.15, 0.2) is 0 Å². The maximum absolute atomic E-state index is 13.0. The minimum Gasteiger partial charge on any atom is -0.322 e. The Labute approximate surface area is 176 Å². The molecular formula is C25H25N3O2. The summed E-state index contributed by atoms with van der Waals surface area (Å²) in [7, 11) is 0. The van der Waals surface area contributed by atoms with Crippen molar-refractivity contribution in [1.82, 2.24) is 4.90 Å². The van der Waals surface area contributed by atoms with Crippen LogP contribution in [0.5, 0.6) is 0 Å². The molecule has 1 heterocycles. The third-order valence-corrected chi connectivity index (χ3v) is 5.36. The van der Waals surface area contributed by atoms with Gasteiger partial charge in [0, 0.05) is 36.6 Å². The van der Waals surface area contributed by atoms with E-state index in [9.17, 15) is 9.59 Å². The number of hydrogen-bond acceptors (Lipinski definition) is 2. The van der Waals surface area contributed by atoms with Gasteiger partial charge in [0.25, 0.3) is 5.91 Å². The van der Waals surface area contributed by atoms with Gasteiger partial charge in [-0.3, -0.25) is 9.69 Å². The molecule has 0 aliphatic carbocycles. The number of nitrogens with one attached hydrogen (secondary N) is 1. The Balaban J connectivity index is 1.44. The van der Waals surface area contributed by atoms with Gasteiger partial charge in [-0.25, -0.2) is 4.79 Å². The topological polar surface area (TPSA) is 52.7 Å². The first-order chi connectivity index (χ1) is 14.6. The fraction of sp³-hybridized carbons (Fsp3) is 0.200. The van der Waals surface area contributed by atoms with E-state index in [2.05, 4.69) is 5.32 Å². The molecule has 1 aliphatic heterocycles. The number of anilines is 2. The van der Waals surface area contributed by atoms with Crippen molar-refractivity contribution in [2.75, 3.05) is 23.3 Å². The SMILES string of the molecule is Cc1ccccc1NC(=O)c1ccc(N2CCCN(Cc3ccccc3)C2=O)cc1. The maximum Gasteiger partial charge on any atom is 0.324 e. The Morgan fingerprint density at radius 1 is 0.900 bits per heavy atom. The maximum atomic E-state index is 13.0. The lowest BCUT2D eigenvalue weighted by Gasteiger charge is -2.35. The zero-order valence-electron chi connectivity index (χ0n) is 17.0. The van der Waals surface area contributed by atoms with Crippen LogP contribution in [0.3, 0.4) is 0 Å². The van der Waals surface area contributed by atoms with Crippen molar-refractivity contribution in [3.63, 3.8) is 0 Å². The first-order valence-electron chi connectivity index (χ1n) is 10.2. The highest BCUT2D eigenvalue weighted by molar-refractivity contribution is 6.05. The van der Waals surface area contributed by atoms with E-state index in [1.54, 1.807) is 17.0 Å². The predicted octanol–water partition coefficient (Wildman–Crippen LogP) is 5.08. The van der Waals surface area contributed by atoms with Crippen LogP contribution in [0.25, 0.3) is 0 Å². The summed E-state index contributed by atoms with van der Waals surface area (Å²) in [6.45, 7) is 4.00. The van der Waals surface area contributed by atoms with Crippen LogP contribution in [-0.2, 0) is 6.54 Å². The van der Waals surface area contributed by atoms with Crippen LogP contribution in [0.15, 0.2) is 78.9 Å². The number of para-hydroxylation sites is 1. The molecular weight excluding hydrogens is 374 g/mol. The molecule has 3 amide bonds. The summed E-state index contributed by atoms with van der Waals surface area (Å²) in [6.07, 6.45) is 0.911. The van der Waals surface area contributed by atoms with E-state index in [4.69, 9.17) is 0 Å². The molecule has 1 N–H and O–H groups in total. The molecule has 152 valence electrons. The fourth-order valence-corrected chi connectivity index (χ4v) is 3.67. The lowest BCUT2D eigenvalue weighted by molar-refractivity contribution is 0.102. The molecule has 1 fully saturated rings. The number of aryl methyl sites for hydroxylation is 1. The number of urea groups is 1. The summed E-state index contributed by atoms with van der Waals surface area (Å²) in [6, 6.07) is 24.9. The van der Waals surface area contributed by atoms with Crippen molar-refractivity contribution in [2.45, 2.75) is 19.9 Å². The monoisotopic (exact) mass is 399 g/mol. The zero-order valence-corrected chi connectivity index (χ0v) is 17.0. The average molecular weight is 399 g/mol. The number of carbonyl (C=O) groups is 2. The Bertz CT molecular complexity index is 1030. The number of benzene rings is 3. The van der Waals surface area contributed by atoms with E-state index in [-0.39, 0.29) is 11.9 Å². The molecule has 4 rings (SSSR count). The van der Waals surface area contributed by atoms with Crippen LogP contribution < -0.4 is 10.2 Å². The van der Waals surface area contributed by atoms with E-state index in [1.165, 1.54) is 0 Å². The minimum absolute atomic E-state index is 0.00205. The molecule has 3 aromatic carbocycles. The molecule has 3 aromatic rings. The number of rotatable bonds is 5. The minimum atomic E-state index is -0.161.